The summed E-state index contributed by atoms with van der Waals surface area (Å²) in [5.41, 5.74) is 3.78. The molecule has 1 N–H and O–H groups in total. The fourth-order valence-corrected chi connectivity index (χ4v) is 3.91. The molecule has 1 unspecified atom stereocenters. The molecule has 1 atom stereocenters. The third-order valence-corrected chi connectivity index (χ3v) is 5.65. The Bertz CT molecular complexity index is 955. The maximum absolute atomic E-state index is 13.0. The number of rotatable bonds is 7. The van der Waals surface area contributed by atoms with E-state index in [9.17, 15) is 14.7 Å². The molecule has 0 radical (unpaired) electrons. The Labute approximate surface area is 178 Å². The molecule has 0 aliphatic carbocycles. The van der Waals surface area contributed by atoms with Crippen LogP contribution in [0.3, 0.4) is 0 Å². The molecule has 0 bridgehead atoms. The highest BCUT2D eigenvalue weighted by Crippen LogP contribution is 2.42. The molecule has 3 rings (SSSR count). The van der Waals surface area contributed by atoms with Crippen LogP contribution in [0.5, 0.6) is 0 Å². The molecule has 0 fully saturated rings. The number of carbonyl (C=O) groups excluding carboxylic acids is 2. The first kappa shape index (κ1) is 21.6. The highest BCUT2D eigenvalue weighted by molar-refractivity contribution is 6.16. The van der Waals surface area contributed by atoms with Crippen LogP contribution < -0.4 is 9.80 Å². The van der Waals surface area contributed by atoms with Crippen molar-refractivity contribution in [3.05, 3.63) is 71.0 Å². The summed E-state index contributed by atoms with van der Waals surface area (Å²) in [4.78, 5) is 29.8. The van der Waals surface area contributed by atoms with Crippen molar-refractivity contribution >= 4 is 23.1 Å². The second-order valence-corrected chi connectivity index (χ2v) is 7.96. The van der Waals surface area contributed by atoms with Crippen molar-refractivity contribution in [1.29, 1.82) is 0 Å². The number of hydrogen-bond acceptors (Lipinski definition) is 4. The van der Waals surface area contributed by atoms with Crippen LogP contribution in [0.1, 0.15) is 44.9 Å². The van der Waals surface area contributed by atoms with Crippen molar-refractivity contribution in [2.75, 3.05) is 22.9 Å². The van der Waals surface area contributed by atoms with Gasteiger partial charge in [-0.05, 0) is 50.6 Å². The summed E-state index contributed by atoms with van der Waals surface area (Å²) in [6, 6.07) is 14.8. The summed E-state index contributed by atoms with van der Waals surface area (Å²) < 4.78 is 0. The van der Waals surface area contributed by atoms with Crippen LogP contribution in [0.15, 0.2) is 59.9 Å². The molecule has 5 heteroatoms. The third-order valence-electron chi connectivity index (χ3n) is 5.65. The Morgan fingerprint density at radius 1 is 1.03 bits per heavy atom. The summed E-state index contributed by atoms with van der Waals surface area (Å²) in [5, 5.41) is 10.7. The molecule has 158 valence electrons. The van der Waals surface area contributed by atoms with E-state index >= 15 is 0 Å². The largest absolute Gasteiger partial charge is 0.503 e. The van der Waals surface area contributed by atoms with E-state index in [1.165, 1.54) is 4.90 Å². The molecule has 0 saturated heterocycles. The fourth-order valence-electron chi connectivity index (χ4n) is 3.91. The van der Waals surface area contributed by atoms with Crippen molar-refractivity contribution in [3.8, 4) is 0 Å². The lowest BCUT2D eigenvalue weighted by Gasteiger charge is -2.28. The highest BCUT2D eigenvalue weighted by atomic mass is 16.3. The first-order valence-corrected chi connectivity index (χ1v) is 10.5. The summed E-state index contributed by atoms with van der Waals surface area (Å²) >= 11 is 0. The van der Waals surface area contributed by atoms with Gasteiger partial charge in [-0.3, -0.25) is 14.5 Å². The normalized spacial score (nSPS) is 16.5. The van der Waals surface area contributed by atoms with Crippen LogP contribution in [-0.4, -0.2) is 29.9 Å². The molecule has 1 amide bonds. The molecule has 2 aromatic carbocycles. The van der Waals surface area contributed by atoms with Gasteiger partial charge in [0.25, 0.3) is 5.91 Å². The number of benzene rings is 2. The standard InChI is InChI=1S/C25H30N2O3/c1-6-26(7-2)19-14-10-18(11-15-19)22-21(23(28)16(3)4)24(29)25(30)27(22)20-12-8-17(5)9-13-20/h8-16,22,29H,6-7H2,1-5H3. The first-order valence-electron chi connectivity index (χ1n) is 10.5. The third kappa shape index (κ3) is 3.84. The Hall–Kier alpha value is -3.08. The Kier molecular flexibility index (Phi) is 6.30. The number of anilines is 2. The van der Waals surface area contributed by atoms with Gasteiger partial charge >= 0.3 is 0 Å². The van der Waals surface area contributed by atoms with Crippen molar-refractivity contribution in [2.24, 2.45) is 5.92 Å². The van der Waals surface area contributed by atoms with Crippen molar-refractivity contribution in [3.63, 3.8) is 0 Å². The van der Waals surface area contributed by atoms with Crippen molar-refractivity contribution in [2.45, 2.75) is 40.7 Å². The minimum absolute atomic E-state index is 0.172. The molecule has 0 saturated carbocycles. The second-order valence-electron chi connectivity index (χ2n) is 7.96. The quantitative estimate of drug-likeness (QED) is 0.705. The zero-order chi connectivity index (χ0) is 22.0. The molecule has 0 spiro atoms. The smallest absolute Gasteiger partial charge is 0.294 e. The number of ketones is 1. The summed E-state index contributed by atoms with van der Waals surface area (Å²) in [6.45, 7) is 11.5. The van der Waals surface area contributed by atoms with Gasteiger partial charge in [-0.2, -0.15) is 0 Å². The van der Waals surface area contributed by atoms with Gasteiger partial charge in [0.1, 0.15) is 0 Å². The van der Waals surface area contributed by atoms with Crippen LogP contribution in [0.4, 0.5) is 11.4 Å². The first-order chi connectivity index (χ1) is 14.3. The number of carbonyl (C=O) groups is 2. The zero-order valence-electron chi connectivity index (χ0n) is 18.3. The number of aryl methyl sites for hydroxylation is 1. The molecule has 1 heterocycles. The fraction of sp³-hybridized carbons (Fsp3) is 0.360. The summed E-state index contributed by atoms with van der Waals surface area (Å²) in [5.74, 6) is -1.54. The van der Waals surface area contributed by atoms with Gasteiger partial charge in [-0.25, -0.2) is 0 Å². The number of nitrogens with zero attached hydrogens (tertiary/aromatic N) is 2. The Balaban J connectivity index is 2.11. The minimum Gasteiger partial charge on any atom is -0.503 e. The topological polar surface area (TPSA) is 60.9 Å². The van der Waals surface area contributed by atoms with Crippen molar-refractivity contribution < 1.29 is 14.7 Å². The molecule has 5 nitrogen and oxygen atoms in total. The molecule has 30 heavy (non-hydrogen) atoms. The zero-order valence-corrected chi connectivity index (χ0v) is 18.3. The SMILES string of the molecule is CCN(CC)c1ccc(C2C(C(=O)C(C)C)=C(O)C(=O)N2c2ccc(C)cc2)cc1. The van der Waals surface area contributed by atoms with E-state index in [0.29, 0.717) is 5.69 Å². The average molecular weight is 407 g/mol. The molecular formula is C25H30N2O3. The molecule has 1 aliphatic heterocycles. The van der Waals surface area contributed by atoms with Crippen LogP contribution in [-0.2, 0) is 9.59 Å². The highest BCUT2D eigenvalue weighted by Gasteiger charge is 2.44. The molecular weight excluding hydrogens is 376 g/mol. The van der Waals surface area contributed by atoms with Gasteiger partial charge in [-0.1, -0.05) is 43.7 Å². The summed E-state index contributed by atoms with van der Waals surface area (Å²) in [7, 11) is 0. The Morgan fingerprint density at radius 3 is 2.10 bits per heavy atom. The van der Waals surface area contributed by atoms with Gasteiger partial charge in [0.05, 0.1) is 11.6 Å². The van der Waals surface area contributed by atoms with E-state index in [0.717, 1.165) is 29.9 Å². The molecule has 0 aromatic heterocycles. The van der Waals surface area contributed by atoms with Crippen LogP contribution in [0.2, 0.25) is 0 Å². The van der Waals surface area contributed by atoms with Crippen molar-refractivity contribution in [1.82, 2.24) is 0 Å². The van der Waals surface area contributed by atoms with Crippen LogP contribution in [0.25, 0.3) is 0 Å². The van der Waals surface area contributed by atoms with E-state index in [-0.39, 0.29) is 17.3 Å². The van der Waals surface area contributed by atoms with E-state index < -0.39 is 17.7 Å². The number of aliphatic hydroxyl groups excluding tert-OH is 1. The van der Waals surface area contributed by atoms with Crippen LogP contribution in [0, 0.1) is 12.8 Å². The lowest BCUT2D eigenvalue weighted by atomic mass is 9.91. The van der Waals surface area contributed by atoms with E-state index in [4.69, 9.17) is 0 Å². The average Bonchev–Trinajstić information content (AvgIpc) is 3.00. The number of aliphatic hydroxyl groups is 1. The molecule has 2 aromatic rings. The van der Waals surface area contributed by atoms with Gasteiger partial charge in [0, 0.05) is 30.4 Å². The van der Waals surface area contributed by atoms with E-state index in [1.54, 1.807) is 13.8 Å². The summed E-state index contributed by atoms with van der Waals surface area (Å²) in [6.07, 6.45) is 0. The minimum atomic E-state index is -0.652. The Morgan fingerprint density at radius 2 is 1.60 bits per heavy atom. The number of Topliss-reactive ketones (excluding diaryl/α,β-unsaturated/α-hetero) is 1. The number of hydrogen-bond donors (Lipinski definition) is 1. The maximum Gasteiger partial charge on any atom is 0.294 e. The number of amides is 1. The van der Waals surface area contributed by atoms with Gasteiger partial charge in [-0.15, -0.1) is 0 Å². The van der Waals surface area contributed by atoms with Gasteiger partial charge < -0.3 is 10.0 Å². The van der Waals surface area contributed by atoms with Gasteiger partial charge in [0.15, 0.2) is 11.5 Å². The van der Waals surface area contributed by atoms with E-state index in [1.807, 2.05) is 55.5 Å². The monoisotopic (exact) mass is 406 g/mol. The predicted molar refractivity (Wildman–Crippen MR) is 121 cm³/mol. The van der Waals surface area contributed by atoms with E-state index in [2.05, 4.69) is 18.7 Å². The maximum atomic E-state index is 13.0. The second kappa shape index (κ2) is 8.74. The molecule has 1 aliphatic rings. The van der Waals surface area contributed by atoms with Crippen LogP contribution >= 0.6 is 0 Å². The lowest BCUT2D eigenvalue weighted by molar-refractivity contribution is -0.119. The lowest BCUT2D eigenvalue weighted by Crippen LogP contribution is -2.31. The predicted octanol–water partition coefficient (Wildman–Crippen LogP) is 4.97. The van der Waals surface area contributed by atoms with Gasteiger partial charge in [0.2, 0.25) is 0 Å².